The van der Waals surface area contributed by atoms with Gasteiger partial charge in [-0.2, -0.15) is 0 Å². The largest absolute Gasteiger partial charge is 0.497 e. The van der Waals surface area contributed by atoms with E-state index in [1.807, 2.05) is 13.0 Å². The summed E-state index contributed by atoms with van der Waals surface area (Å²) in [6.07, 6.45) is 5.85. The highest BCUT2D eigenvalue weighted by atomic mass is 19.1. The Kier molecular flexibility index (Phi) is 7.61. The maximum absolute atomic E-state index is 13.3. The van der Waals surface area contributed by atoms with Crippen LogP contribution in [0.2, 0.25) is 0 Å². The van der Waals surface area contributed by atoms with E-state index in [-0.39, 0.29) is 5.83 Å². The molecule has 0 aliphatic carbocycles. The van der Waals surface area contributed by atoms with Crippen LogP contribution in [0.4, 0.5) is 4.39 Å². The zero-order chi connectivity index (χ0) is 12.6. The minimum absolute atomic E-state index is 0.0953. The van der Waals surface area contributed by atoms with Crippen molar-refractivity contribution in [2.45, 2.75) is 40.0 Å². The normalized spacial score (nSPS) is 13.1. The predicted octanol–water partition coefficient (Wildman–Crippen LogP) is 4.77. The second-order valence-electron chi connectivity index (χ2n) is 3.77. The summed E-state index contributed by atoms with van der Waals surface area (Å²) in [5.41, 5.74) is 0.969. The third kappa shape index (κ3) is 5.15. The van der Waals surface area contributed by atoms with E-state index in [1.165, 1.54) is 0 Å². The summed E-state index contributed by atoms with van der Waals surface area (Å²) in [6.45, 7) is 9.77. The molecule has 0 aliphatic rings. The number of hydrogen-bond donors (Lipinski definition) is 0. The van der Waals surface area contributed by atoms with Crippen molar-refractivity contribution in [3.8, 4) is 0 Å². The quantitative estimate of drug-likeness (QED) is 0.448. The second kappa shape index (κ2) is 8.14. The van der Waals surface area contributed by atoms with Crippen molar-refractivity contribution < 1.29 is 9.13 Å². The van der Waals surface area contributed by atoms with Gasteiger partial charge < -0.3 is 4.74 Å². The lowest BCUT2D eigenvalue weighted by atomic mass is 9.92. The monoisotopic (exact) mass is 226 g/mol. The Morgan fingerprint density at radius 1 is 1.25 bits per heavy atom. The molecule has 16 heavy (non-hydrogen) atoms. The van der Waals surface area contributed by atoms with E-state index in [1.54, 1.807) is 13.2 Å². The number of allylic oxidation sites excluding steroid dienone is 4. The molecule has 1 nitrogen and oxygen atoms in total. The van der Waals surface area contributed by atoms with Crippen molar-refractivity contribution in [3.63, 3.8) is 0 Å². The number of rotatable bonds is 7. The highest BCUT2D eigenvalue weighted by molar-refractivity contribution is 5.29. The van der Waals surface area contributed by atoms with Crippen LogP contribution in [-0.4, -0.2) is 7.11 Å². The van der Waals surface area contributed by atoms with Crippen LogP contribution in [0.3, 0.4) is 0 Å². The molecular weight excluding hydrogens is 203 g/mol. The molecule has 0 radical (unpaired) electrons. The summed E-state index contributed by atoms with van der Waals surface area (Å²) >= 11 is 0. The Morgan fingerprint density at radius 2 is 1.81 bits per heavy atom. The highest BCUT2D eigenvalue weighted by Crippen LogP contribution is 2.23. The van der Waals surface area contributed by atoms with Crippen LogP contribution in [0.5, 0.6) is 0 Å². The zero-order valence-corrected chi connectivity index (χ0v) is 10.8. The van der Waals surface area contributed by atoms with Crippen LogP contribution in [0.15, 0.2) is 35.9 Å². The van der Waals surface area contributed by atoms with Gasteiger partial charge in [0, 0.05) is 0 Å². The third-order valence-electron chi connectivity index (χ3n) is 2.71. The van der Waals surface area contributed by atoms with E-state index >= 15 is 0 Å². The number of hydrogen-bond acceptors (Lipinski definition) is 1. The fraction of sp³-hybridized carbons (Fsp3) is 0.571. The predicted molar refractivity (Wildman–Crippen MR) is 67.8 cm³/mol. The van der Waals surface area contributed by atoms with Gasteiger partial charge in [-0.25, -0.2) is 4.39 Å². The molecule has 2 heteroatoms. The fourth-order valence-electron chi connectivity index (χ4n) is 1.57. The Labute approximate surface area is 98.7 Å². The molecule has 0 aromatic heterocycles. The minimum atomic E-state index is -0.0953. The van der Waals surface area contributed by atoms with Gasteiger partial charge in [0.15, 0.2) is 0 Å². The lowest BCUT2D eigenvalue weighted by Gasteiger charge is -2.14. The van der Waals surface area contributed by atoms with Gasteiger partial charge in [0.05, 0.1) is 12.9 Å². The van der Waals surface area contributed by atoms with Crippen molar-refractivity contribution in [2.75, 3.05) is 7.11 Å². The molecule has 92 valence electrons. The first-order valence-electron chi connectivity index (χ1n) is 5.89. The molecular formula is C14H23FO. The average molecular weight is 226 g/mol. The number of halogens is 1. The van der Waals surface area contributed by atoms with E-state index in [9.17, 15) is 4.39 Å². The summed E-state index contributed by atoms with van der Waals surface area (Å²) in [5, 5.41) is 0. The van der Waals surface area contributed by atoms with Crippen molar-refractivity contribution in [3.05, 3.63) is 35.9 Å². The summed E-state index contributed by atoms with van der Waals surface area (Å²) in [5.74, 6) is 0.841. The van der Waals surface area contributed by atoms with Gasteiger partial charge in [0.2, 0.25) is 0 Å². The maximum Gasteiger partial charge on any atom is 0.111 e. The molecule has 0 rings (SSSR count). The van der Waals surface area contributed by atoms with E-state index in [0.29, 0.717) is 18.1 Å². The molecule has 0 atom stereocenters. The smallest absolute Gasteiger partial charge is 0.111 e. The standard InChI is InChI=1S/C14H23FO/c1-6-12(7-2)13(9-11(4)16-5)10-14(15)8-3/h9-10,12H,4,6-8H2,1-3,5H3/b13-9+,14-10+. The first-order chi connectivity index (χ1) is 7.58. The summed E-state index contributed by atoms with van der Waals surface area (Å²) in [4.78, 5) is 0. The van der Waals surface area contributed by atoms with Gasteiger partial charge in [-0.05, 0) is 42.9 Å². The van der Waals surface area contributed by atoms with E-state index in [0.717, 1.165) is 18.4 Å². The lowest BCUT2D eigenvalue weighted by molar-refractivity contribution is 0.307. The molecule has 0 aromatic carbocycles. The number of ether oxygens (including phenoxy) is 1. The lowest BCUT2D eigenvalue weighted by Crippen LogP contribution is -2.01. The van der Waals surface area contributed by atoms with Gasteiger partial charge in [-0.3, -0.25) is 0 Å². The second-order valence-corrected chi connectivity index (χ2v) is 3.77. The maximum atomic E-state index is 13.3. The Balaban J connectivity index is 5.04. The van der Waals surface area contributed by atoms with Gasteiger partial charge in [0.1, 0.15) is 5.76 Å². The summed E-state index contributed by atoms with van der Waals surface area (Å²) in [7, 11) is 1.57. The first-order valence-corrected chi connectivity index (χ1v) is 5.89. The van der Waals surface area contributed by atoms with Crippen molar-refractivity contribution in [2.24, 2.45) is 5.92 Å². The molecule has 0 fully saturated rings. The average Bonchev–Trinajstić information content (AvgIpc) is 2.29. The molecule has 0 saturated heterocycles. The SMILES string of the molecule is C=C(/C=C(\C=C(\F)CC)C(CC)CC)OC. The molecule has 0 saturated carbocycles. The Hall–Kier alpha value is -1.05. The molecule has 0 spiro atoms. The van der Waals surface area contributed by atoms with E-state index in [2.05, 4.69) is 20.4 Å². The minimum Gasteiger partial charge on any atom is -0.497 e. The van der Waals surface area contributed by atoms with Crippen LogP contribution < -0.4 is 0 Å². The fourth-order valence-corrected chi connectivity index (χ4v) is 1.57. The Morgan fingerprint density at radius 3 is 2.19 bits per heavy atom. The molecule has 0 aliphatic heterocycles. The van der Waals surface area contributed by atoms with Crippen molar-refractivity contribution in [1.82, 2.24) is 0 Å². The molecule has 0 aromatic rings. The first kappa shape index (κ1) is 14.9. The number of methoxy groups -OCH3 is 1. The summed E-state index contributed by atoms with van der Waals surface area (Å²) in [6, 6.07) is 0. The molecule has 0 amide bonds. The van der Waals surface area contributed by atoms with Gasteiger partial charge in [-0.15, -0.1) is 0 Å². The van der Waals surface area contributed by atoms with Gasteiger partial charge in [0.25, 0.3) is 0 Å². The van der Waals surface area contributed by atoms with Crippen LogP contribution in [0, 0.1) is 5.92 Å². The topological polar surface area (TPSA) is 9.23 Å². The van der Waals surface area contributed by atoms with Crippen LogP contribution in [0.25, 0.3) is 0 Å². The van der Waals surface area contributed by atoms with Crippen LogP contribution in [0.1, 0.15) is 40.0 Å². The van der Waals surface area contributed by atoms with Crippen LogP contribution >= 0.6 is 0 Å². The van der Waals surface area contributed by atoms with Crippen LogP contribution in [-0.2, 0) is 4.74 Å². The van der Waals surface area contributed by atoms with Gasteiger partial charge in [-0.1, -0.05) is 27.4 Å². The van der Waals surface area contributed by atoms with Gasteiger partial charge >= 0.3 is 0 Å². The van der Waals surface area contributed by atoms with Crippen molar-refractivity contribution in [1.29, 1.82) is 0 Å². The molecule has 0 N–H and O–H groups in total. The summed E-state index contributed by atoms with van der Waals surface area (Å²) < 4.78 is 18.3. The Bertz CT molecular complexity index is 272. The van der Waals surface area contributed by atoms with E-state index in [4.69, 9.17) is 4.74 Å². The third-order valence-corrected chi connectivity index (χ3v) is 2.71. The van der Waals surface area contributed by atoms with Crippen molar-refractivity contribution >= 4 is 0 Å². The highest BCUT2D eigenvalue weighted by Gasteiger charge is 2.09. The van der Waals surface area contributed by atoms with E-state index < -0.39 is 0 Å². The molecule has 0 bridgehead atoms. The molecule has 0 heterocycles. The zero-order valence-electron chi connectivity index (χ0n) is 10.8. The molecule has 0 unspecified atom stereocenters.